The topological polar surface area (TPSA) is 50.9 Å². The molecule has 0 saturated carbocycles. The molecule has 3 nitrogen and oxygen atoms in total. The van der Waals surface area contributed by atoms with Crippen molar-refractivity contribution in [2.45, 2.75) is 18.9 Å². The molecule has 5 heteroatoms. The second-order valence-electron chi connectivity index (χ2n) is 3.84. The lowest BCUT2D eigenvalue weighted by molar-refractivity contribution is 0.684. The number of pyridine rings is 1. The highest BCUT2D eigenvalue weighted by atomic mass is 32.2. The molecule has 1 aromatic rings. The fourth-order valence-corrected chi connectivity index (χ4v) is 3.05. The van der Waals surface area contributed by atoms with Gasteiger partial charge in [0.15, 0.2) is 0 Å². The first-order valence-corrected chi connectivity index (χ1v) is 6.92. The Morgan fingerprint density at radius 1 is 1.62 bits per heavy atom. The first-order valence-electron chi connectivity index (χ1n) is 5.35. The van der Waals surface area contributed by atoms with Crippen LogP contribution in [0.15, 0.2) is 18.5 Å². The van der Waals surface area contributed by atoms with Gasteiger partial charge in [-0.05, 0) is 24.7 Å². The smallest absolute Gasteiger partial charge is 0.106 e. The van der Waals surface area contributed by atoms with Gasteiger partial charge in [-0.2, -0.15) is 11.8 Å². The largest absolute Gasteiger partial charge is 0.389 e. The van der Waals surface area contributed by atoms with Gasteiger partial charge >= 0.3 is 0 Å². The molecular formula is C11H15N3S2. The number of hydrogen-bond donors (Lipinski definition) is 2. The molecular weight excluding hydrogens is 238 g/mol. The fraction of sp³-hybridized carbons (Fsp3) is 0.455. The molecule has 3 N–H and O–H groups in total. The Hall–Kier alpha value is -0.810. The third-order valence-corrected chi connectivity index (χ3v) is 4.04. The van der Waals surface area contributed by atoms with Crippen molar-refractivity contribution >= 4 is 34.7 Å². The second-order valence-corrected chi connectivity index (χ2v) is 5.43. The maximum absolute atomic E-state index is 5.68. The number of anilines is 1. The molecule has 0 aliphatic carbocycles. The van der Waals surface area contributed by atoms with Crippen LogP contribution < -0.4 is 11.1 Å². The van der Waals surface area contributed by atoms with Crippen molar-refractivity contribution in [1.82, 2.24) is 4.98 Å². The predicted octanol–water partition coefficient (Wildman–Crippen LogP) is 2.02. The van der Waals surface area contributed by atoms with Gasteiger partial charge in [0.2, 0.25) is 0 Å². The van der Waals surface area contributed by atoms with Crippen LogP contribution in [0.3, 0.4) is 0 Å². The minimum atomic E-state index is 0.424. The predicted molar refractivity (Wildman–Crippen MR) is 74.1 cm³/mol. The van der Waals surface area contributed by atoms with E-state index in [0.717, 1.165) is 17.0 Å². The van der Waals surface area contributed by atoms with Gasteiger partial charge < -0.3 is 11.1 Å². The molecule has 1 aromatic heterocycles. The van der Waals surface area contributed by atoms with Crippen LogP contribution in [0.25, 0.3) is 0 Å². The third-order valence-electron chi connectivity index (χ3n) is 2.61. The van der Waals surface area contributed by atoms with E-state index < -0.39 is 0 Å². The van der Waals surface area contributed by atoms with Crippen LogP contribution in [0, 0.1) is 0 Å². The average Bonchev–Trinajstić information content (AvgIpc) is 2.31. The highest BCUT2D eigenvalue weighted by Crippen LogP contribution is 2.22. The molecule has 0 aromatic carbocycles. The lowest BCUT2D eigenvalue weighted by Crippen LogP contribution is -2.27. The molecule has 0 bridgehead atoms. The van der Waals surface area contributed by atoms with E-state index in [0.29, 0.717) is 11.0 Å². The van der Waals surface area contributed by atoms with E-state index >= 15 is 0 Å². The lowest BCUT2D eigenvalue weighted by Gasteiger charge is -2.24. The number of nitrogens with zero attached hydrogens (tertiary/aromatic N) is 1. The minimum absolute atomic E-state index is 0.424. The summed E-state index contributed by atoms with van der Waals surface area (Å²) in [6.45, 7) is 0. The molecule has 1 fully saturated rings. The Kier molecular flexibility index (Phi) is 4.01. The fourth-order valence-electron chi connectivity index (χ4n) is 1.80. The molecule has 1 unspecified atom stereocenters. The first kappa shape index (κ1) is 11.7. The van der Waals surface area contributed by atoms with Crippen LogP contribution in [0.2, 0.25) is 0 Å². The number of thiocarbonyl (C=S) groups is 1. The molecule has 1 aliphatic rings. The summed E-state index contributed by atoms with van der Waals surface area (Å²) in [7, 11) is 0. The van der Waals surface area contributed by atoms with Gasteiger partial charge in [-0.15, -0.1) is 0 Å². The Morgan fingerprint density at radius 3 is 3.19 bits per heavy atom. The molecule has 0 radical (unpaired) electrons. The quantitative estimate of drug-likeness (QED) is 0.807. The van der Waals surface area contributed by atoms with Crippen LogP contribution >= 0.6 is 24.0 Å². The standard InChI is InChI=1S/C11H15N3S2/c12-11(15)9-3-4-13-6-10(9)14-8-2-1-5-16-7-8/h3-4,6,8,14H,1-2,5,7H2,(H2,12,15). The van der Waals surface area contributed by atoms with Crippen molar-refractivity contribution in [2.75, 3.05) is 16.8 Å². The van der Waals surface area contributed by atoms with Gasteiger partial charge in [-0.1, -0.05) is 12.2 Å². The number of aromatic nitrogens is 1. The van der Waals surface area contributed by atoms with E-state index in [1.165, 1.54) is 18.6 Å². The summed E-state index contributed by atoms with van der Waals surface area (Å²) in [6.07, 6.45) is 5.99. The third kappa shape index (κ3) is 2.86. The zero-order chi connectivity index (χ0) is 11.4. The first-order chi connectivity index (χ1) is 7.77. The van der Waals surface area contributed by atoms with Gasteiger partial charge in [0.1, 0.15) is 4.99 Å². The summed E-state index contributed by atoms with van der Waals surface area (Å²) in [5.41, 5.74) is 7.53. The normalized spacial score (nSPS) is 20.4. The van der Waals surface area contributed by atoms with Crippen molar-refractivity contribution < 1.29 is 0 Å². The van der Waals surface area contributed by atoms with Gasteiger partial charge in [-0.3, -0.25) is 4.98 Å². The van der Waals surface area contributed by atoms with Gasteiger partial charge in [0.25, 0.3) is 0 Å². The Labute approximate surface area is 105 Å². The van der Waals surface area contributed by atoms with E-state index in [-0.39, 0.29) is 0 Å². The van der Waals surface area contributed by atoms with Crippen molar-refractivity contribution in [3.8, 4) is 0 Å². The second kappa shape index (κ2) is 5.50. The number of hydrogen-bond acceptors (Lipinski definition) is 4. The van der Waals surface area contributed by atoms with Crippen LogP contribution in [0.1, 0.15) is 18.4 Å². The van der Waals surface area contributed by atoms with Gasteiger partial charge in [0, 0.05) is 23.6 Å². The summed E-state index contributed by atoms with van der Waals surface area (Å²) in [5.74, 6) is 2.42. The van der Waals surface area contributed by atoms with Crippen molar-refractivity contribution in [2.24, 2.45) is 5.73 Å². The number of thioether (sulfide) groups is 1. The summed E-state index contributed by atoms with van der Waals surface area (Å²) in [4.78, 5) is 4.53. The number of nitrogens with one attached hydrogen (secondary N) is 1. The van der Waals surface area contributed by atoms with Crippen LogP contribution in [-0.2, 0) is 0 Å². The van der Waals surface area contributed by atoms with E-state index in [1.807, 2.05) is 17.8 Å². The zero-order valence-electron chi connectivity index (χ0n) is 8.98. The molecule has 1 atom stereocenters. The maximum Gasteiger partial charge on any atom is 0.106 e. The molecule has 86 valence electrons. The Balaban J connectivity index is 2.10. The van der Waals surface area contributed by atoms with E-state index in [2.05, 4.69) is 10.3 Å². The molecule has 1 saturated heterocycles. The SMILES string of the molecule is NC(=S)c1ccncc1NC1CCCSC1. The van der Waals surface area contributed by atoms with Crippen LogP contribution in [-0.4, -0.2) is 27.5 Å². The Bertz CT molecular complexity index is 375. The summed E-state index contributed by atoms with van der Waals surface area (Å²) in [6, 6.07) is 2.37. The minimum Gasteiger partial charge on any atom is -0.389 e. The number of nitrogens with two attached hydrogens (primary N) is 1. The molecule has 0 amide bonds. The molecule has 1 aliphatic heterocycles. The average molecular weight is 253 g/mol. The Morgan fingerprint density at radius 2 is 2.50 bits per heavy atom. The van der Waals surface area contributed by atoms with E-state index in [1.54, 1.807) is 12.4 Å². The van der Waals surface area contributed by atoms with Crippen LogP contribution in [0.5, 0.6) is 0 Å². The maximum atomic E-state index is 5.68. The zero-order valence-corrected chi connectivity index (χ0v) is 10.6. The van der Waals surface area contributed by atoms with E-state index in [9.17, 15) is 0 Å². The van der Waals surface area contributed by atoms with Crippen molar-refractivity contribution in [1.29, 1.82) is 0 Å². The van der Waals surface area contributed by atoms with Gasteiger partial charge in [0.05, 0.1) is 11.9 Å². The molecule has 2 rings (SSSR count). The van der Waals surface area contributed by atoms with Gasteiger partial charge in [-0.25, -0.2) is 0 Å². The van der Waals surface area contributed by atoms with E-state index in [4.69, 9.17) is 18.0 Å². The summed E-state index contributed by atoms with van der Waals surface area (Å²) >= 11 is 7.01. The van der Waals surface area contributed by atoms with Crippen molar-refractivity contribution in [3.63, 3.8) is 0 Å². The molecule has 2 heterocycles. The summed E-state index contributed by atoms with van der Waals surface area (Å²) in [5, 5.41) is 3.48. The summed E-state index contributed by atoms with van der Waals surface area (Å²) < 4.78 is 0. The van der Waals surface area contributed by atoms with Crippen molar-refractivity contribution in [3.05, 3.63) is 24.0 Å². The lowest BCUT2D eigenvalue weighted by atomic mass is 10.1. The highest BCUT2D eigenvalue weighted by molar-refractivity contribution is 7.99. The molecule has 16 heavy (non-hydrogen) atoms. The highest BCUT2D eigenvalue weighted by Gasteiger charge is 2.15. The van der Waals surface area contributed by atoms with Crippen LogP contribution in [0.4, 0.5) is 5.69 Å². The number of rotatable bonds is 3. The monoisotopic (exact) mass is 253 g/mol. The molecule has 0 spiro atoms.